The SMILES string of the molecule is CC(C)(C)N1CC=NN1. The molecule has 3 nitrogen and oxygen atoms in total. The van der Waals surface area contributed by atoms with Gasteiger partial charge in [0.25, 0.3) is 0 Å². The Hall–Kier alpha value is -0.570. The molecular weight excluding hydrogens is 114 g/mol. The Morgan fingerprint density at radius 1 is 1.56 bits per heavy atom. The van der Waals surface area contributed by atoms with Crippen molar-refractivity contribution in [2.45, 2.75) is 26.3 Å². The van der Waals surface area contributed by atoms with Crippen molar-refractivity contribution < 1.29 is 0 Å². The molecule has 1 heterocycles. The third-order valence-electron chi connectivity index (χ3n) is 1.34. The highest BCUT2D eigenvalue weighted by Gasteiger charge is 2.21. The van der Waals surface area contributed by atoms with Gasteiger partial charge in [0.2, 0.25) is 0 Å². The highest BCUT2D eigenvalue weighted by Crippen LogP contribution is 2.10. The highest BCUT2D eigenvalue weighted by atomic mass is 15.7. The molecule has 0 spiro atoms. The van der Waals surface area contributed by atoms with E-state index < -0.39 is 0 Å². The Kier molecular flexibility index (Phi) is 1.45. The van der Waals surface area contributed by atoms with E-state index in [4.69, 9.17) is 0 Å². The van der Waals surface area contributed by atoms with Gasteiger partial charge < -0.3 is 0 Å². The van der Waals surface area contributed by atoms with E-state index >= 15 is 0 Å². The van der Waals surface area contributed by atoms with Gasteiger partial charge in [-0.3, -0.25) is 0 Å². The Labute approximate surface area is 55.7 Å². The summed E-state index contributed by atoms with van der Waals surface area (Å²) in [6.45, 7) is 7.35. The van der Waals surface area contributed by atoms with Crippen LogP contribution < -0.4 is 5.53 Å². The maximum absolute atomic E-state index is 3.88. The topological polar surface area (TPSA) is 27.6 Å². The van der Waals surface area contributed by atoms with Crippen LogP contribution in [0.2, 0.25) is 0 Å². The highest BCUT2D eigenvalue weighted by molar-refractivity contribution is 5.60. The van der Waals surface area contributed by atoms with Gasteiger partial charge in [-0.2, -0.15) is 10.1 Å². The zero-order chi connectivity index (χ0) is 6.91. The number of hydrogen-bond donors (Lipinski definition) is 1. The summed E-state index contributed by atoms with van der Waals surface area (Å²) < 4.78 is 0. The minimum Gasteiger partial charge on any atom is -0.240 e. The summed E-state index contributed by atoms with van der Waals surface area (Å²) >= 11 is 0. The Morgan fingerprint density at radius 3 is 2.44 bits per heavy atom. The third kappa shape index (κ3) is 1.42. The molecule has 0 aromatic heterocycles. The molecule has 0 atom stereocenters. The second-order valence-corrected chi connectivity index (χ2v) is 3.19. The predicted molar refractivity (Wildman–Crippen MR) is 38.1 cm³/mol. The van der Waals surface area contributed by atoms with Gasteiger partial charge in [0.15, 0.2) is 0 Å². The lowest BCUT2D eigenvalue weighted by molar-refractivity contribution is 0.110. The van der Waals surface area contributed by atoms with Crippen molar-refractivity contribution in [2.75, 3.05) is 6.54 Å². The molecule has 1 rings (SSSR count). The second-order valence-electron chi connectivity index (χ2n) is 3.19. The Balaban J connectivity index is 2.46. The summed E-state index contributed by atoms with van der Waals surface area (Å²) in [5.41, 5.74) is 3.08. The fraction of sp³-hybridized carbons (Fsp3) is 0.833. The lowest BCUT2D eigenvalue weighted by atomic mass is 10.1. The van der Waals surface area contributed by atoms with Crippen LogP contribution in [0.1, 0.15) is 20.8 Å². The van der Waals surface area contributed by atoms with E-state index in [0.29, 0.717) is 0 Å². The van der Waals surface area contributed by atoms with Gasteiger partial charge >= 0.3 is 0 Å². The largest absolute Gasteiger partial charge is 0.240 e. The van der Waals surface area contributed by atoms with Crippen LogP contribution in [0.15, 0.2) is 5.10 Å². The van der Waals surface area contributed by atoms with Gasteiger partial charge in [-0.25, -0.2) is 5.53 Å². The lowest BCUT2D eigenvalue weighted by Crippen LogP contribution is -2.45. The summed E-state index contributed by atoms with van der Waals surface area (Å²) in [7, 11) is 0. The predicted octanol–water partition coefficient (Wildman–Crippen LogP) is 0.591. The molecule has 3 heteroatoms. The van der Waals surface area contributed by atoms with E-state index in [1.165, 1.54) is 0 Å². The van der Waals surface area contributed by atoms with Crippen LogP contribution in [0.5, 0.6) is 0 Å². The molecule has 0 saturated carbocycles. The molecule has 0 aromatic rings. The number of nitrogens with zero attached hydrogens (tertiary/aromatic N) is 2. The van der Waals surface area contributed by atoms with Crippen molar-refractivity contribution in [2.24, 2.45) is 5.10 Å². The average molecular weight is 127 g/mol. The smallest absolute Gasteiger partial charge is 0.0572 e. The van der Waals surface area contributed by atoms with Gasteiger partial charge in [-0.05, 0) is 20.8 Å². The molecule has 1 aliphatic heterocycles. The third-order valence-corrected chi connectivity index (χ3v) is 1.34. The van der Waals surface area contributed by atoms with Crippen LogP contribution in [0.4, 0.5) is 0 Å². The second kappa shape index (κ2) is 1.99. The molecule has 0 unspecified atom stereocenters. The van der Waals surface area contributed by atoms with Crippen LogP contribution in [0.25, 0.3) is 0 Å². The van der Waals surface area contributed by atoms with Crippen molar-refractivity contribution in [3.63, 3.8) is 0 Å². The molecule has 0 amide bonds. The molecule has 0 radical (unpaired) electrons. The number of nitrogens with one attached hydrogen (secondary N) is 1. The summed E-state index contributed by atoms with van der Waals surface area (Å²) in [5.74, 6) is 0. The first-order valence-corrected chi connectivity index (χ1v) is 3.15. The zero-order valence-corrected chi connectivity index (χ0v) is 6.18. The van der Waals surface area contributed by atoms with Crippen molar-refractivity contribution in [3.05, 3.63) is 0 Å². The molecule has 0 bridgehead atoms. The minimum absolute atomic E-state index is 0.177. The first-order valence-electron chi connectivity index (χ1n) is 3.15. The van der Waals surface area contributed by atoms with Crippen LogP contribution >= 0.6 is 0 Å². The molecule has 1 aliphatic rings. The van der Waals surface area contributed by atoms with Crippen LogP contribution in [-0.4, -0.2) is 23.3 Å². The van der Waals surface area contributed by atoms with E-state index in [9.17, 15) is 0 Å². The van der Waals surface area contributed by atoms with Crippen molar-refractivity contribution in [1.29, 1.82) is 0 Å². The monoisotopic (exact) mass is 127 g/mol. The van der Waals surface area contributed by atoms with E-state index in [0.717, 1.165) is 6.54 Å². The van der Waals surface area contributed by atoms with E-state index in [-0.39, 0.29) is 5.54 Å². The van der Waals surface area contributed by atoms with Crippen molar-refractivity contribution in [3.8, 4) is 0 Å². The van der Waals surface area contributed by atoms with Gasteiger partial charge in [0, 0.05) is 11.8 Å². The van der Waals surface area contributed by atoms with Crippen LogP contribution in [0, 0.1) is 0 Å². The molecular formula is C6H13N3. The molecule has 9 heavy (non-hydrogen) atoms. The number of hydrogen-bond acceptors (Lipinski definition) is 3. The molecule has 1 N–H and O–H groups in total. The molecule has 0 aliphatic carbocycles. The molecule has 0 fully saturated rings. The van der Waals surface area contributed by atoms with Gasteiger partial charge in [-0.15, -0.1) is 0 Å². The zero-order valence-electron chi connectivity index (χ0n) is 6.18. The minimum atomic E-state index is 0.177. The van der Waals surface area contributed by atoms with Crippen molar-refractivity contribution in [1.82, 2.24) is 10.5 Å². The normalized spacial score (nSPS) is 20.3. The fourth-order valence-corrected chi connectivity index (χ4v) is 0.698. The van der Waals surface area contributed by atoms with Gasteiger partial charge in [-0.1, -0.05) is 0 Å². The van der Waals surface area contributed by atoms with E-state index in [1.807, 2.05) is 6.21 Å². The summed E-state index contributed by atoms with van der Waals surface area (Å²) in [6, 6.07) is 0. The maximum atomic E-state index is 3.88. The summed E-state index contributed by atoms with van der Waals surface area (Å²) in [4.78, 5) is 0. The fourth-order valence-electron chi connectivity index (χ4n) is 0.698. The Bertz CT molecular complexity index is 115. The number of rotatable bonds is 0. The number of hydrazine groups is 1. The van der Waals surface area contributed by atoms with Crippen LogP contribution in [0.3, 0.4) is 0 Å². The molecule has 0 aromatic carbocycles. The van der Waals surface area contributed by atoms with E-state index in [2.05, 4.69) is 36.4 Å². The Morgan fingerprint density at radius 2 is 2.22 bits per heavy atom. The molecule has 52 valence electrons. The quantitative estimate of drug-likeness (QED) is 0.515. The summed E-state index contributed by atoms with van der Waals surface area (Å²) in [5, 5.41) is 5.96. The van der Waals surface area contributed by atoms with E-state index in [1.54, 1.807) is 0 Å². The number of hydrazone groups is 1. The van der Waals surface area contributed by atoms with Crippen molar-refractivity contribution >= 4 is 6.21 Å². The lowest BCUT2D eigenvalue weighted by Gasteiger charge is -2.29. The summed E-state index contributed by atoms with van der Waals surface area (Å²) in [6.07, 6.45) is 1.87. The first kappa shape index (κ1) is 6.55. The van der Waals surface area contributed by atoms with Gasteiger partial charge in [0.05, 0.1) is 6.54 Å². The maximum Gasteiger partial charge on any atom is 0.0572 e. The average Bonchev–Trinajstić information content (AvgIpc) is 2.08. The molecule has 0 saturated heterocycles. The van der Waals surface area contributed by atoms with Gasteiger partial charge in [0.1, 0.15) is 0 Å². The van der Waals surface area contributed by atoms with Crippen LogP contribution in [-0.2, 0) is 0 Å². The standard InChI is InChI=1S/C6H13N3/c1-6(2,3)9-5-4-7-8-9/h4,8H,5H2,1-3H3. The first-order chi connectivity index (χ1) is 4.11.